The molecule has 0 radical (unpaired) electrons. The van der Waals surface area contributed by atoms with Gasteiger partial charge >= 0.3 is 0 Å². The Morgan fingerprint density at radius 2 is 1.23 bits per heavy atom. The van der Waals surface area contributed by atoms with E-state index in [9.17, 15) is 0 Å². The first-order valence-corrected chi connectivity index (χ1v) is 14.7. The quantitative estimate of drug-likeness (QED) is 0.197. The number of benzene rings is 7. The number of hydrogen-bond donors (Lipinski definition) is 0. The SMILES string of the molecule is [2H]C([2H])([2H])C([2H])([2H])c1nc2ccccc2n1-c1ccccc1-c1c2ccccc2c(-c2ccc3oc4ccccc4c3c2)c2ccccc12. The number of hydrogen-bond acceptors (Lipinski definition) is 2. The Balaban J connectivity index is 1.37. The Labute approximate surface area is 261 Å². The topological polar surface area (TPSA) is 31.0 Å². The predicted octanol–water partition coefficient (Wildman–Crippen LogP) is 11.1. The second-order valence-electron chi connectivity index (χ2n) is 11.1. The van der Waals surface area contributed by atoms with Crippen LogP contribution in [0.3, 0.4) is 0 Å². The average Bonchev–Trinajstić information content (AvgIpc) is 3.69. The van der Waals surface area contributed by atoms with Gasteiger partial charge in [-0.05, 0) is 74.6 Å². The highest BCUT2D eigenvalue weighted by atomic mass is 16.3. The molecule has 3 nitrogen and oxygen atoms in total. The third kappa shape index (κ3) is 3.59. The first-order chi connectivity index (χ1) is 23.7. The maximum Gasteiger partial charge on any atom is 0.135 e. The van der Waals surface area contributed by atoms with Crippen LogP contribution in [-0.2, 0) is 6.37 Å². The molecule has 44 heavy (non-hydrogen) atoms. The molecular weight excluding hydrogens is 536 g/mol. The van der Waals surface area contributed by atoms with Crippen LogP contribution in [0, 0.1) is 0 Å². The van der Waals surface area contributed by atoms with Crippen molar-refractivity contribution in [1.82, 2.24) is 9.55 Å². The summed E-state index contributed by atoms with van der Waals surface area (Å²) in [5, 5.41) is 6.28. The molecule has 0 bridgehead atoms. The van der Waals surface area contributed by atoms with Gasteiger partial charge in [0.15, 0.2) is 0 Å². The minimum atomic E-state index is -2.94. The zero-order valence-corrected chi connectivity index (χ0v) is 23.6. The zero-order valence-electron chi connectivity index (χ0n) is 28.6. The predicted molar refractivity (Wildman–Crippen MR) is 184 cm³/mol. The summed E-state index contributed by atoms with van der Waals surface area (Å²) in [7, 11) is 0. The number of aryl methyl sites for hydroxylation is 1. The van der Waals surface area contributed by atoms with Crippen LogP contribution in [0.25, 0.3) is 82.5 Å². The Morgan fingerprint density at radius 1 is 0.614 bits per heavy atom. The first-order valence-electron chi connectivity index (χ1n) is 17.2. The molecule has 0 N–H and O–H groups in total. The molecule has 2 aromatic heterocycles. The molecule has 9 rings (SSSR count). The van der Waals surface area contributed by atoms with Crippen molar-refractivity contribution in [2.45, 2.75) is 13.2 Å². The van der Waals surface area contributed by atoms with Gasteiger partial charge in [-0.1, -0.05) is 110 Å². The number of furan rings is 1. The first kappa shape index (κ1) is 20.3. The summed E-state index contributed by atoms with van der Waals surface area (Å²) in [4.78, 5) is 4.60. The number of nitrogens with zero attached hydrogens (tertiary/aromatic N) is 2. The van der Waals surface area contributed by atoms with Gasteiger partial charge in [0.2, 0.25) is 0 Å². The summed E-state index contributed by atoms with van der Waals surface area (Å²) in [6.45, 7) is -2.94. The molecule has 208 valence electrons. The molecule has 0 unspecified atom stereocenters. The highest BCUT2D eigenvalue weighted by Gasteiger charge is 2.21. The van der Waals surface area contributed by atoms with Gasteiger partial charge in [0.25, 0.3) is 0 Å². The van der Waals surface area contributed by atoms with Gasteiger partial charge in [-0.25, -0.2) is 4.98 Å². The van der Waals surface area contributed by atoms with Crippen molar-refractivity contribution >= 4 is 54.5 Å². The normalized spacial score (nSPS) is 14.1. The van der Waals surface area contributed by atoms with Crippen LogP contribution in [0.4, 0.5) is 0 Å². The molecule has 2 heterocycles. The number of fused-ring (bicyclic) bond motifs is 6. The lowest BCUT2D eigenvalue weighted by atomic mass is 9.85. The van der Waals surface area contributed by atoms with Gasteiger partial charge in [-0.3, -0.25) is 4.57 Å². The molecular formula is C41H28N2O. The molecule has 0 aliphatic rings. The summed E-state index contributed by atoms with van der Waals surface area (Å²) in [5.41, 5.74) is 7.47. The summed E-state index contributed by atoms with van der Waals surface area (Å²) in [5.74, 6) is -0.160. The fourth-order valence-electron chi connectivity index (χ4n) is 6.84. The third-order valence-electron chi connectivity index (χ3n) is 8.68. The third-order valence-corrected chi connectivity index (χ3v) is 8.68. The Bertz CT molecular complexity index is 2700. The van der Waals surface area contributed by atoms with E-state index in [4.69, 9.17) is 11.3 Å². The fraction of sp³-hybridized carbons (Fsp3) is 0.0488. The molecule has 3 heteroatoms. The minimum Gasteiger partial charge on any atom is -0.456 e. The standard InChI is InChI=1S/C41H28N2O/c1-2-39-42-34-19-9-11-21-36(34)43(39)35-20-10-7-18-32(35)41-30-16-5-3-14-28(30)40(29-15-4-6-17-31(29)41)26-23-24-38-33(25-26)27-13-8-12-22-37(27)44-38/h3-25H,2H2,1H3/i1D3,2D2. The monoisotopic (exact) mass is 569 g/mol. The van der Waals surface area contributed by atoms with Gasteiger partial charge in [-0.15, -0.1) is 0 Å². The van der Waals surface area contributed by atoms with E-state index in [0.717, 1.165) is 65.7 Å². The lowest BCUT2D eigenvalue weighted by Crippen LogP contribution is -2.03. The van der Waals surface area contributed by atoms with Gasteiger partial charge in [0.05, 0.1) is 16.7 Å². The number of imidazole rings is 1. The van der Waals surface area contributed by atoms with Crippen LogP contribution in [0.15, 0.2) is 144 Å². The van der Waals surface area contributed by atoms with Gasteiger partial charge in [-0.2, -0.15) is 0 Å². The maximum absolute atomic E-state index is 8.81. The van der Waals surface area contributed by atoms with Crippen molar-refractivity contribution in [3.05, 3.63) is 145 Å². The zero-order chi connectivity index (χ0) is 33.5. The summed E-state index contributed by atoms with van der Waals surface area (Å²) in [6.07, 6.45) is -2.72. The molecule has 0 spiro atoms. The summed E-state index contributed by atoms with van der Waals surface area (Å²) >= 11 is 0. The van der Waals surface area contributed by atoms with Crippen LogP contribution in [0.5, 0.6) is 0 Å². The van der Waals surface area contributed by atoms with Crippen LogP contribution in [0.2, 0.25) is 0 Å². The highest BCUT2D eigenvalue weighted by Crippen LogP contribution is 2.46. The van der Waals surface area contributed by atoms with Crippen molar-refractivity contribution in [2.24, 2.45) is 0 Å². The van der Waals surface area contributed by atoms with Crippen molar-refractivity contribution in [1.29, 1.82) is 0 Å². The molecule has 0 amide bonds. The molecule has 0 saturated heterocycles. The largest absolute Gasteiger partial charge is 0.456 e. The van der Waals surface area contributed by atoms with Crippen LogP contribution in [-0.4, -0.2) is 9.55 Å². The van der Waals surface area contributed by atoms with Crippen LogP contribution >= 0.6 is 0 Å². The van der Waals surface area contributed by atoms with Crippen molar-refractivity contribution < 1.29 is 11.3 Å². The number of rotatable bonds is 4. The molecule has 9 aromatic rings. The van der Waals surface area contributed by atoms with E-state index in [1.165, 1.54) is 0 Å². The highest BCUT2D eigenvalue weighted by molar-refractivity contribution is 6.22. The van der Waals surface area contributed by atoms with Crippen molar-refractivity contribution in [3.8, 4) is 27.9 Å². The molecule has 0 fully saturated rings. The van der Waals surface area contributed by atoms with E-state index < -0.39 is 13.2 Å². The minimum absolute atomic E-state index is 0.160. The Hall–Kier alpha value is -5.67. The number of para-hydroxylation sites is 4. The van der Waals surface area contributed by atoms with Crippen LogP contribution < -0.4 is 0 Å². The van der Waals surface area contributed by atoms with E-state index in [0.29, 0.717) is 16.7 Å². The summed E-state index contributed by atoms with van der Waals surface area (Å²) in [6, 6.07) is 46.3. The van der Waals surface area contributed by atoms with Gasteiger partial charge in [0.1, 0.15) is 17.0 Å². The fourth-order valence-corrected chi connectivity index (χ4v) is 6.84. The molecule has 0 aliphatic carbocycles. The smallest absolute Gasteiger partial charge is 0.135 e. The molecule has 0 aliphatic heterocycles. The van der Waals surface area contributed by atoms with Gasteiger partial charge in [0, 0.05) is 29.6 Å². The van der Waals surface area contributed by atoms with Gasteiger partial charge < -0.3 is 4.42 Å². The summed E-state index contributed by atoms with van der Waals surface area (Å²) < 4.78 is 49.9. The number of aromatic nitrogens is 2. The van der Waals surface area contributed by atoms with E-state index in [-0.39, 0.29) is 5.82 Å². The lowest BCUT2D eigenvalue weighted by Gasteiger charge is -2.20. The molecule has 7 aromatic carbocycles. The molecule has 0 atom stereocenters. The average molecular weight is 570 g/mol. The Morgan fingerprint density at radius 3 is 2.00 bits per heavy atom. The second-order valence-corrected chi connectivity index (χ2v) is 11.1. The van der Waals surface area contributed by atoms with E-state index in [1.807, 2.05) is 78.9 Å². The van der Waals surface area contributed by atoms with E-state index >= 15 is 0 Å². The van der Waals surface area contributed by atoms with Crippen molar-refractivity contribution in [3.63, 3.8) is 0 Å². The molecule has 0 saturated carbocycles. The van der Waals surface area contributed by atoms with E-state index in [2.05, 4.69) is 59.6 Å². The van der Waals surface area contributed by atoms with Crippen molar-refractivity contribution in [2.75, 3.05) is 0 Å². The van der Waals surface area contributed by atoms with E-state index in [1.54, 1.807) is 10.6 Å². The maximum atomic E-state index is 8.81. The lowest BCUT2D eigenvalue weighted by molar-refractivity contribution is 0.669. The Kier molecular flexibility index (Phi) is 4.46. The van der Waals surface area contributed by atoms with Crippen LogP contribution in [0.1, 0.15) is 19.5 Å². The second kappa shape index (κ2) is 9.68.